The molecule has 1 aliphatic carbocycles. The number of carbonyl (C=O) groups is 5. The van der Waals surface area contributed by atoms with E-state index < -0.39 is 77.8 Å². The normalized spacial score (nSPS) is 37.3. The summed E-state index contributed by atoms with van der Waals surface area (Å²) in [6.07, 6.45) is 12.3. The number of hydrogen-bond acceptors (Lipinski definition) is 13. The third-order valence-corrected chi connectivity index (χ3v) is 16.5. The van der Waals surface area contributed by atoms with Crippen molar-refractivity contribution in [1.29, 1.82) is 0 Å². The lowest BCUT2D eigenvalue weighted by atomic mass is 9.78. The van der Waals surface area contributed by atoms with Gasteiger partial charge in [0.2, 0.25) is 5.79 Å². The maximum absolute atomic E-state index is 14.5. The van der Waals surface area contributed by atoms with Gasteiger partial charge in [0.25, 0.3) is 11.7 Å². The highest BCUT2D eigenvalue weighted by Gasteiger charge is 2.53. The van der Waals surface area contributed by atoms with Crippen LogP contribution in [0.3, 0.4) is 0 Å². The van der Waals surface area contributed by atoms with Gasteiger partial charge in [-0.1, -0.05) is 76.6 Å². The molecule has 5 rings (SSSR count). The first-order valence-corrected chi connectivity index (χ1v) is 26.2. The lowest BCUT2D eigenvalue weighted by Crippen LogP contribution is -2.60. The number of Topliss-reactive ketones (excluding diaryl/α,β-unsaturated/α-hetero) is 3. The first-order chi connectivity index (χ1) is 32.7. The standard InChI is InChI=1S/C55H81NO12S/c1-32-16-12-11-13-17-33(2)42(48-24-20-39(8)69-48)30-41-22-19-38(7)55(64,68-41)52(61)53(62)56-25-15-14-18-43(56)54(63)67-46(35(4)28-40-21-23-44(57)47(29-40)65-9)31-45(58)34(3)27-37(6)50(60)51(66-10)49(59)36(5)26-32/h11-13,16-17,20,24,27,32,34-36,38,40-44,46-47,50-51,57,60,64H,14-15,18-19,21-23,25-26,28-31H2,1-10H3/b13-11-,16-12-,33-17?,37-27?. The van der Waals surface area contributed by atoms with Gasteiger partial charge in [-0.05, 0) is 127 Å². The van der Waals surface area contributed by atoms with E-state index in [0.29, 0.717) is 63.4 Å². The number of thiophene rings is 1. The number of methoxy groups -OCH3 is 2. The van der Waals surface area contributed by atoms with Crippen LogP contribution in [0.15, 0.2) is 59.7 Å². The summed E-state index contributed by atoms with van der Waals surface area (Å²) in [6.45, 7) is 15.0. The summed E-state index contributed by atoms with van der Waals surface area (Å²) in [5.41, 5.74) is 1.44. The fraction of sp³-hybridized carbons (Fsp3) is 0.691. The highest BCUT2D eigenvalue weighted by molar-refractivity contribution is 7.12. The van der Waals surface area contributed by atoms with Crippen LogP contribution in [0.4, 0.5) is 0 Å². The summed E-state index contributed by atoms with van der Waals surface area (Å²) < 4.78 is 23.9. The zero-order chi connectivity index (χ0) is 50.7. The van der Waals surface area contributed by atoms with E-state index in [4.69, 9.17) is 18.9 Å². The molecule has 0 radical (unpaired) electrons. The molecule has 0 spiro atoms. The highest BCUT2D eigenvalue weighted by Crippen LogP contribution is 2.41. The molecule has 1 saturated carbocycles. The summed E-state index contributed by atoms with van der Waals surface area (Å²) in [7, 11) is 2.96. The number of esters is 1. The number of fused-ring (bicyclic) bond motifs is 3. The Morgan fingerprint density at radius 3 is 2.29 bits per heavy atom. The van der Waals surface area contributed by atoms with E-state index in [1.165, 1.54) is 12.0 Å². The van der Waals surface area contributed by atoms with Crippen LogP contribution in [0.1, 0.15) is 141 Å². The van der Waals surface area contributed by atoms with Gasteiger partial charge < -0.3 is 39.2 Å². The Labute approximate surface area is 414 Å². The minimum atomic E-state index is -2.42. The molecular formula is C55H81NO12S. The predicted octanol–water partition coefficient (Wildman–Crippen LogP) is 8.32. The van der Waals surface area contributed by atoms with Gasteiger partial charge in [0.1, 0.15) is 30.1 Å². The number of cyclic esters (lactones) is 1. The number of carbonyl (C=O) groups excluding carboxylic acids is 5. The Balaban J connectivity index is 1.50. The van der Waals surface area contributed by atoms with Crippen LogP contribution in [-0.2, 0) is 42.9 Å². The monoisotopic (exact) mass is 980 g/mol. The number of piperidine rings is 1. The van der Waals surface area contributed by atoms with Gasteiger partial charge in [-0.15, -0.1) is 11.3 Å². The minimum Gasteiger partial charge on any atom is -0.460 e. The zero-order valence-electron chi connectivity index (χ0n) is 42.8. The molecule has 69 heavy (non-hydrogen) atoms. The molecule has 4 aliphatic rings. The van der Waals surface area contributed by atoms with E-state index in [1.54, 1.807) is 45.3 Å². The van der Waals surface area contributed by atoms with Crippen LogP contribution in [0.2, 0.25) is 0 Å². The number of allylic oxidation sites excluding steroid dienone is 7. The summed E-state index contributed by atoms with van der Waals surface area (Å²) in [4.78, 5) is 74.8. The smallest absolute Gasteiger partial charge is 0.329 e. The van der Waals surface area contributed by atoms with Crippen LogP contribution in [-0.4, -0.2) is 119 Å². The Morgan fingerprint density at radius 2 is 1.61 bits per heavy atom. The van der Waals surface area contributed by atoms with Crippen molar-refractivity contribution in [2.75, 3.05) is 20.8 Å². The number of rotatable bonds is 6. The van der Waals surface area contributed by atoms with Gasteiger partial charge >= 0.3 is 5.97 Å². The number of ether oxygens (including phenoxy) is 4. The van der Waals surface area contributed by atoms with Crippen molar-refractivity contribution in [1.82, 2.24) is 4.90 Å². The van der Waals surface area contributed by atoms with E-state index in [-0.39, 0.29) is 60.7 Å². The Kier molecular flexibility index (Phi) is 20.9. The predicted molar refractivity (Wildman–Crippen MR) is 266 cm³/mol. The van der Waals surface area contributed by atoms with Gasteiger partial charge in [0.15, 0.2) is 5.78 Å². The molecule has 4 heterocycles. The SMILES string of the molecule is COC1CC(CC(C)C2CC(=O)C(C)C=C(C)C(O)C(OC)C(=O)C(C)CC(C)/C=C\C=C/C=C(C)C(c3ccc(C)s3)CC3CCC(C)C(O)(O3)C(=O)C(=O)N3CCCCC3C(=O)O2)CCC1O. The lowest BCUT2D eigenvalue weighted by molar-refractivity contribution is -0.264. The average Bonchev–Trinajstić information content (AvgIpc) is 3.76. The molecule has 3 aliphatic heterocycles. The number of aliphatic hydroxyl groups is 3. The maximum Gasteiger partial charge on any atom is 0.329 e. The summed E-state index contributed by atoms with van der Waals surface area (Å²) in [6, 6.07) is 3.02. The van der Waals surface area contributed by atoms with Crippen LogP contribution in [0, 0.1) is 42.4 Å². The van der Waals surface area contributed by atoms with E-state index in [9.17, 15) is 39.3 Å². The number of ketones is 3. The number of aryl methyl sites for hydroxylation is 1. The number of aliphatic hydroxyl groups excluding tert-OH is 2. The van der Waals surface area contributed by atoms with Crippen molar-refractivity contribution < 1.29 is 58.2 Å². The fourth-order valence-corrected chi connectivity index (χ4v) is 11.9. The third-order valence-electron chi connectivity index (χ3n) is 15.4. The first-order valence-electron chi connectivity index (χ1n) is 25.4. The van der Waals surface area contributed by atoms with Crippen LogP contribution in [0.25, 0.3) is 0 Å². The molecule has 3 fully saturated rings. The minimum absolute atomic E-state index is 0.0241. The van der Waals surface area contributed by atoms with Gasteiger partial charge in [-0.3, -0.25) is 19.2 Å². The van der Waals surface area contributed by atoms with E-state index in [1.807, 2.05) is 65.0 Å². The largest absolute Gasteiger partial charge is 0.460 e. The Bertz CT molecular complexity index is 2060. The van der Waals surface area contributed by atoms with Gasteiger partial charge in [-0.25, -0.2) is 4.79 Å². The third kappa shape index (κ3) is 14.5. The van der Waals surface area contributed by atoms with Crippen molar-refractivity contribution in [3.63, 3.8) is 0 Å². The van der Waals surface area contributed by atoms with Gasteiger partial charge in [0.05, 0.1) is 18.3 Å². The van der Waals surface area contributed by atoms with Crippen molar-refractivity contribution in [2.45, 2.75) is 187 Å². The van der Waals surface area contributed by atoms with Gasteiger partial charge in [-0.2, -0.15) is 0 Å². The fourth-order valence-electron chi connectivity index (χ4n) is 10.8. The van der Waals surface area contributed by atoms with E-state index in [0.717, 1.165) is 21.7 Å². The van der Waals surface area contributed by atoms with Crippen molar-refractivity contribution in [3.05, 3.63) is 69.5 Å². The summed E-state index contributed by atoms with van der Waals surface area (Å²) in [5.74, 6) is -7.96. The molecule has 3 N–H and O–H groups in total. The number of hydrogen-bond donors (Lipinski definition) is 3. The second kappa shape index (κ2) is 25.7. The molecule has 384 valence electrons. The molecule has 1 amide bonds. The lowest BCUT2D eigenvalue weighted by Gasteiger charge is -2.43. The Morgan fingerprint density at radius 1 is 0.870 bits per heavy atom. The van der Waals surface area contributed by atoms with Crippen molar-refractivity contribution in [2.24, 2.45) is 35.5 Å². The van der Waals surface area contributed by atoms with Crippen LogP contribution >= 0.6 is 11.3 Å². The maximum atomic E-state index is 14.5. The Hall–Kier alpha value is -3.63. The van der Waals surface area contributed by atoms with Crippen molar-refractivity contribution >= 4 is 40.6 Å². The summed E-state index contributed by atoms with van der Waals surface area (Å²) in [5, 5.41) is 34.2. The molecule has 13 nitrogen and oxygen atoms in total. The molecule has 1 aromatic heterocycles. The van der Waals surface area contributed by atoms with Crippen LogP contribution < -0.4 is 0 Å². The van der Waals surface area contributed by atoms with Crippen molar-refractivity contribution in [3.8, 4) is 0 Å². The van der Waals surface area contributed by atoms with Crippen LogP contribution in [0.5, 0.6) is 0 Å². The molecular weight excluding hydrogens is 899 g/mol. The molecule has 2 bridgehead atoms. The molecule has 1 aromatic rings. The molecule has 2 saturated heterocycles. The summed E-state index contributed by atoms with van der Waals surface area (Å²) >= 11 is 1.67. The van der Waals surface area contributed by atoms with E-state index in [2.05, 4.69) is 12.1 Å². The quantitative estimate of drug-likeness (QED) is 0.141. The molecule has 14 heteroatoms. The first kappa shape index (κ1) is 56.3. The molecule has 0 aromatic carbocycles. The number of nitrogens with zero attached hydrogens (tertiary/aromatic N) is 1. The zero-order valence-corrected chi connectivity index (χ0v) is 43.6. The average molecular weight is 980 g/mol. The topological polar surface area (TPSA) is 186 Å². The van der Waals surface area contributed by atoms with E-state index >= 15 is 0 Å². The van der Waals surface area contributed by atoms with Gasteiger partial charge in [0, 0.05) is 60.6 Å². The number of amides is 1. The second-order valence-electron chi connectivity index (χ2n) is 20.9. The second-order valence-corrected chi connectivity index (χ2v) is 22.2. The highest BCUT2D eigenvalue weighted by atomic mass is 32.1. The molecule has 15 unspecified atom stereocenters. The molecule has 15 atom stereocenters.